The van der Waals surface area contributed by atoms with Gasteiger partial charge in [0.15, 0.2) is 17.5 Å². The van der Waals surface area contributed by atoms with Crippen LogP contribution in [0.2, 0.25) is 15.1 Å². The average Bonchev–Trinajstić information content (AvgIpc) is 3.47. The summed E-state index contributed by atoms with van der Waals surface area (Å²) in [4.78, 5) is 29.5. The first-order valence-corrected chi connectivity index (χ1v) is 15.2. The van der Waals surface area contributed by atoms with Crippen LogP contribution in [0.3, 0.4) is 0 Å². The van der Waals surface area contributed by atoms with Crippen LogP contribution in [0.1, 0.15) is 21.5 Å². The van der Waals surface area contributed by atoms with E-state index in [1.54, 1.807) is 48.5 Å². The molecule has 0 fully saturated rings. The minimum Gasteiger partial charge on any atom is -0.481 e. The average molecular weight is 665 g/mol. The molecule has 5 aromatic rings. The van der Waals surface area contributed by atoms with Crippen molar-refractivity contribution in [2.24, 2.45) is 5.10 Å². The summed E-state index contributed by atoms with van der Waals surface area (Å²) in [6.07, 6.45) is 1.40. The molecule has 1 heterocycles. The minimum atomic E-state index is -0.432. The van der Waals surface area contributed by atoms with Crippen molar-refractivity contribution in [2.75, 3.05) is 17.2 Å². The number of aryl methyl sites for hydroxylation is 1. The number of nitrogens with zero attached hydrogens (tertiary/aromatic N) is 2. The monoisotopic (exact) mass is 663 g/mol. The first-order valence-electron chi connectivity index (χ1n) is 13.1. The standard InChI is InChI=1S/C32H24Cl3N5O3S/c1-19-6-12-23(13-7-19)37-32-39-28(18-44-32)21-8-10-22(11-9-21)31(42)40-36-16-20-14-25(34)30(26(35)15-20)43-17-29(41)38-27-5-3-2-4-24(27)33/h2-16,18H,17H2,1H3,(H,37,39)(H,38,41)(H,40,42)/b36-16+. The first-order chi connectivity index (χ1) is 21.2. The summed E-state index contributed by atoms with van der Waals surface area (Å²) in [5.41, 5.74) is 7.73. The van der Waals surface area contributed by atoms with E-state index < -0.39 is 11.8 Å². The molecule has 5 rings (SSSR count). The number of amides is 2. The van der Waals surface area contributed by atoms with E-state index in [4.69, 9.17) is 39.5 Å². The summed E-state index contributed by atoms with van der Waals surface area (Å²) in [5.74, 6) is -0.686. The van der Waals surface area contributed by atoms with Gasteiger partial charge < -0.3 is 15.4 Å². The molecule has 0 unspecified atom stereocenters. The number of ether oxygens (including phenoxy) is 1. The van der Waals surface area contributed by atoms with Crippen LogP contribution in [0.4, 0.5) is 16.5 Å². The van der Waals surface area contributed by atoms with Crippen LogP contribution in [0.25, 0.3) is 11.3 Å². The van der Waals surface area contributed by atoms with Gasteiger partial charge >= 0.3 is 0 Å². The van der Waals surface area contributed by atoms with Gasteiger partial charge in [-0.2, -0.15) is 5.10 Å². The number of aromatic nitrogens is 1. The predicted octanol–water partition coefficient (Wildman–Crippen LogP) is 8.60. The van der Waals surface area contributed by atoms with Crippen LogP contribution in [-0.2, 0) is 4.79 Å². The SMILES string of the molecule is Cc1ccc(Nc2nc(-c3ccc(C(=O)N/N=C/c4cc(Cl)c(OCC(=O)Nc5ccccc5Cl)c(Cl)c4)cc3)cs2)cc1. The zero-order valence-corrected chi connectivity index (χ0v) is 26.2. The summed E-state index contributed by atoms with van der Waals surface area (Å²) < 4.78 is 5.53. The number of hydrazone groups is 1. The Labute approximate surface area is 272 Å². The number of carbonyl (C=O) groups is 2. The van der Waals surface area contributed by atoms with Gasteiger partial charge in [0.2, 0.25) is 0 Å². The zero-order valence-electron chi connectivity index (χ0n) is 23.1. The highest BCUT2D eigenvalue weighted by Gasteiger charge is 2.13. The Morgan fingerprint density at radius 1 is 0.932 bits per heavy atom. The third-order valence-electron chi connectivity index (χ3n) is 6.15. The molecule has 0 saturated heterocycles. The molecule has 44 heavy (non-hydrogen) atoms. The van der Waals surface area contributed by atoms with Crippen molar-refractivity contribution in [1.82, 2.24) is 10.4 Å². The Morgan fingerprint density at radius 2 is 1.64 bits per heavy atom. The zero-order chi connectivity index (χ0) is 31.1. The molecule has 1 aromatic heterocycles. The maximum absolute atomic E-state index is 12.6. The van der Waals surface area contributed by atoms with Crippen LogP contribution in [0.15, 0.2) is 95.4 Å². The Hall–Kier alpha value is -4.41. The van der Waals surface area contributed by atoms with Gasteiger partial charge in [0, 0.05) is 22.2 Å². The van der Waals surface area contributed by atoms with Crippen molar-refractivity contribution in [3.63, 3.8) is 0 Å². The maximum atomic E-state index is 12.6. The first kappa shape index (κ1) is 31.0. The number of thiazole rings is 1. The van der Waals surface area contributed by atoms with Crippen LogP contribution in [0, 0.1) is 6.92 Å². The summed E-state index contributed by atoms with van der Waals surface area (Å²) in [6, 6.07) is 25.1. The van der Waals surface area contributed by atoms with Gasteiger partial charge in [0.25, 0.3) is 11.8 Å². The number of hydrogen-bond donors (Lipinski definition) is 3. The number of hydrogen-bond acceptors (Lipinski definition) is 7. The lowest BCUT2D eigenvalue weighted by Crippen LogP contribution is -2.20. The van der Waals surface area contributed by atoms with Crippen LogP contribution in [0.5, 0.6) is 5.75 Å². The molecule has 2 amide bonds. The summed E-state index contributed by atoms with van der Waals surface area (Å²) in [7, 11) is 0. The summed E-state index contributed by atoms with van der Waals surface area (Å²) in [5, 5.41) is 13.4. The second-order valence-corrected chi connectivity index (χ2v) is 11.5. The molecule has 8 nitrogen and oxygen atoms in total. The van der Waals surface area contributed by atoms with E-state index in [1.807, 2.05) is 48.7 Å². The molecule has 0 aliphatic heterocycles. The Bertz CT molecular complexity index is 1800. The van der Waals surface area contributed by atoms with E-state index >= 15 is 0 Å². The number of anilines is 3. The molecular weight excluding hydrogens is 641 g/mol. The van der Waals surface area contributed by atoms with Gasteiger partial charge in [-0.3, -0.25) is 9.59 Å². The molecule has 0 spiro atoms. The van der Waals surface area contributed by atoms with Crippen molar-refractivity contribution >= 4 is 80.7 Å². The number of para-hydroxylation sites is 1. The van der Waals surface area contributed by atoms with E-state index in [1.165, 1.54) is 23.1 Å². The van der Waals surface area contributed by atoms with Crippen molar-refractivity contribution in [1.29, 1.82) is 0 Å². The third kappa shape index (κ3) is 8.15. The van der Waals surface area contributed by atoms with Crippen LogP contribution >= 0.6 is 46.1 Å². The van der Waals surface area contributed by atoms with E-state index in [-0.39, 0.29) is 22.4 Å². The molecule has 222 valence electrons. The molecule has 4 aromatic carbocycles. The lowest BCUT2D eigenvalue weighted by molar-refractivity contribution is -0.118. The second kappa shape index (κ2) is 14.4. The van der Waals surface area contributed by atoms with E-state index in [2.05, 4.69) is 26.1 Å². The quantitative estimate of drug-likeness (QED) is 0.102. The van der Waals surface area contributed by atoms with Crippen molar-refractivity contribution in [3.8, 4) is 17.0 Å². The van der Waals surface area contributed by atoms with E-state index in [9.17, 15) is 9.59 Å². The molecule has 12 heteroatoms. The van der Waals surface area contributed by atoms with Crippen LogP contribution < -0.4 is 20.8 Å². The Balaban J connectivity index is 1.14. The number of nitrogens with one attached hydrogen (secondary N) is 3. The van der Waals surface area contributed by atoms with Crippen molar-refractivity contribution in [2.45, 2.75) is 6.92 Å². The molecule has 0 radical (unpaired) electrons. The van der Waals surface area contributed by atoms with Gasteiger partial charge in [-0.1, -0.05) is 76.8 Å². The van der Waals surface area contributed by atoms with E-state index in [0.29, 0.717) is 21.8 Å². The molecular formula is C32H24Cl3N5O3S. The van der Waals surface area contributed by atoms with E-state index in [0.717, 1.165) is 22.1 Å². The number of rotatable bonds is 10. The number of halogens is 3. The van der Waals surface area contributed by atoms with Gasteiger partial charge in [-0.25, -0.2) is 10.4 Å². The molecule has 0 saturated carbocycles. The highest BCUT2D eigenvalue weighted by molar-refractivity contribution is 7.14. The topological polar surface area (TPSA) is 105 Å². The third-order valence-corrected chi connectivity index (χ3v) is 7.79. The van der Waals surface area contributed by atoms with Crippen molar-refractivity contribution < 1.29 is 14.3 Å². The minimum absolute atomic E-state index is 0.141. The normalized spacial score (nSPS) is 10.9. The van der Waals surface area contributed by atoms with Gasteiger partial charge in [-0.05, 0) is 61.0 Å². The highest BCUT2D eigenvalue weighted by Crippen LogP contribution is 2.34. The summed E-state index contributed by atoms with van der Waals surface area (Å²) in [6.45, 7) is 1.71. The molecule has 0 bridgehead atoms. The summed E-state index contributed by atoms with van der Waals surface area (Å²) >= 11 is 20.2. The highest BCUT2D eigenvalue weighted by atomic mass is 35.5. The van der Waals surface area contributed by atoms with Crippen LogP contribution in [-0.4, -0.2) is 29.6 Å². The van der Waals surface area contributed by atoms with Gasteiger partial charge in [-0.15, -0.1) is 11.3 Å². The molecule has 0 atom stereocenters. The van der Waals surface area contributed by atoms with Gasteiger partial charge in [0.1, 0.15) is 0 Å². The van der Waals surface area contributed by atoms with Gasteiger partial charge in [0.05, 0.1) is 32.7 Å². The number of benzene rings is 4. The lowest BCUT2D eigenvalue weighted by Gasteiger charge is -2.11. The van der Waals surface area contributed by atoms with Crippen molar-refractivity contribution in [3.05, 3.63) is 122 Å². The number of carbonyl (C=O) groups excluding carboxylic acids is 2. The smallest absolute Gasteiger partial charge is 0.271 e. The second-order valence-electron chi connectivity index (χ2n) is 9.44. The molecule has 0 aliphatic carbocycles. The fourth-order valence-corrected chi connectivity index (χ4v) is 5.46. The molecule has 0 aliphatic rings. The Kier molecular flexibility index (Phi) is 10.1. The largest absolute Gasteiger partial charge is 0.481 e. The fourth-order valence-electron chi connectivity index (χ4n) is 3.92. The fraction of sp³-hybridized carbons (Fsp3) is 0.0625. The predicted molar refractivity (Wildman–Crippen MR) is 179 cm³/mol. The lowest BCUT2D eigenvalue weighted by atomic mass is 10.1. The maximum Gasteiger partial charge on any atom is 0.271 e. The Morgan fingerprint density at radius 3 is 2.34 bits per heavy atom. The molecule has 3 N–H and O–H groups in total.